The molecule has 0 spiro atoms. The molecule has 1 heterocycles. The summed E-state index contributed by atoms with van der Waals surface area (Å²) in [6.45, 7) is 6.42. The van der Waals surface area contributed by atoms with Crippen LogP contribution in [0.1, 0.15) is 30.5 Å². The molecule has 5 rings (SSSR count). The predicted octanol–water partition coefficient (Wildman–Crippen LogP) is 6.45. The van der Waals surface area contributed by atoms with Crippen molar-refractivity contribution in [2.75, 3.05) is 0 Å². The summed E-state index contributed by atoms with van der Waals surface area (Å²) >= 11 is 0. The molecule has 0 saturated heterocycles. The van der Waals surface area contributed by atoms with Crippen LogP contribution in [0.5, 0.6) is 0 Å². The number of rotatable bonds is 1. The Morgan fingerprint density at radius 3 is 2.50 bits per heavy atom. The van der Waals surface area contributed by atoms with Gasteiger partial charge in [-0.1, -0.05) is 55.3 Å². The van der Waals surface area contributed by atoms with Crippen molar-refractivity contribution < 1.29 is 24.5 Å². The van der Waals surface area contributed by atoms with Gasteiger partial charge in [-0.2, -0.15) is 0 Å². The molecule has 3 heteroatoms. The number of halogens is 1. The summed E-state index contributed by atoms with van der Waals surface area (Å²) < 4.78 is 13.8. The van der Waals surface area contributed by atoms with Crippen molar-refractivity contribution in [3.8, 4) is 22.4 Å². The molecule has 1 radical (unpaired) electrons. The predicted molar refractivity (Wildman–Crippen MR) is 108 cm³/mol. The van der Waals surface area contributed by atoms with Crippen LogP contribution in [0.15, 0.2) is 60.7 Å². The summed E-state index contributed by atoms with van der Waals surface area (Å²) in [5, 5.41) is 1.17. The number of aryl methyl sites for hydroxylation is 1. The Kier molecular flexibility index (Phi) is 4.49. The number of benzene rings is 3. The third-order valence-electron chi connectivity index (χ3n) is 5.77. The summed E-state index contributed by atoms with van der Waals surface area (Å²) in [5.74, 6) is -0.189. The molecule has 0 unspecified atom stereocenters. The minimum Gasteiger partial charge on any atom is -0.296 e. The van der Waals surface area contributed by atoms with Crippen LogP contribution in [0.4, 0.5) is 4.39 Å². The average molecular weight is 545 g/mol. The zero-order valence-electron chi connectivity index (χ0n) is 15.9. The van der Waals surface area contributed by atoms with E-state index >= 15 is 0 Å². The molecule has 0 N–H and O–H groups in total. The smallest absolute Gasteiger partial charge is 0.123 e. The first-order valence-corrected chi connectivity index (χ1v) is 9.18. The van der Waals surface area contributed by atoms with Gasteiger partial charge < -0.3 is 0 Å². The molecule has 1 nitrogen and oxygen atoms in total. The zero-order valence-corrected chi connectivity index (χ0v) is 18.3. The summed E-state index contributed by atoms with van der Waals surface area (Å²) in [6.07, 6.45) is 0. The molecule has 0 aliphatic heterocycles. The van der Waals surface area contributed by atoms with E-state index in [4.69, 9.17) is 4.98 Å². The Labute approximate surface area is 178 Å². The van der Waals surface area contributed by atoms with Crippen molar-refractivity contribution in [1.29, 1.82) is 0 Å². The van der Waals surface area contributed by atoms with Gasteiger partial charge in [-0.05, 0) is 47.4 Å². The summed E-state index contributed by atoms with van der Waals surface area (Å²) in [4.78, 5) is 4.85. The molecule has 1 aromatic heterocycles. The normalized spacial score (nSPS) is 13.7. The van der Waals surface area contributed by atoms with Crippen LogP contribution in [-0.4, -0.2) is 4.98 Å². The van der Waals surface area contributed by atoms with Crippen LogP contribution in [0.2, 0.25) is 0 Å². The Bertz CT molecular complexity index is 1230. The van der Waals surface area contributed by atoms with E-state index in [1.165, 1.54) is 22.6 Å². The topological polar surface area (TPSA) is 12.9 Å². The van der Waals surface area contributed by atoms with Gasteiger partial charge in [-0.15, -0.1) is 29.3 Å². The third-order valence-corrected chi connectivity index (χ3v) is 5.77. The fourth-order valence-corrected chi connectivity index (χ4v) is 4.28. The molecule has 0 bridgehead atoms. The van der Waals surface area contributed by atoms with Gasteiger partial charge in [0.25, 0.3) is 0 Å². The molecular formula is C25H19FIrN-. The second kappa shape index (κ2) is 6.62. The molecule has 0 atom stereocenters. The fraction of sp³-hybridized carbons (Fsp3) is 0.160. The van der Waals surface area contributed by atoms with E-state index in [2.05, 4.69) is 45.0 Å². The Balaban J connectivity index is 0.00000192. The number of aromatic nitrogens is 1. The molecule has 0 fully saturated rings. The molecule has 1 aliphatic carbocycles. The largest absolute Gasteiger partial charge is 0.296 e. The van der Waals surface area contributed by atoms with Gasteiger partial charge in [0, 0.05) is 25.5 Å². The second-order valence-corrected chi connectivity index (χ2v) is 7.83. The first-order valence-electron chi connectivity index (χ1n) is 9.18. The number of hydrogen-bond donors (Lipinski definition) is 0. The van der Waals surface area contributed by atoms with Crippen LogP contribution in [-0.2, 0) is 25.5 Å². The number of hydrogen-bond acceptors (Lipinski definition) is 1. The van der Waals surface area contributed by atoms with Crippen molar-refractivity contribution in [3.05, 3.63) is 89.2 Å². The van der Waals surface area contributed by atoms with E-state index in [1.54, 1.807) is 6.07 Å². The monoisotopic (exact) mass is 545 g/mol. The molecule has 0 amide bonds. The SMILES string of the molecule is Cc1cc(-c2[c-]cc3c(c2)C(C)(C)c2cc(F)ccc2-3)nc2ccccc12.[Ir]. The van der Waals surface area contributed by atoms with Gasteiger partial charge in [0.2, 0.25) is 0 Å². The van der Waals surface area contributed by atoms with Crippen molar-refractivity contribution in [1.82, 2.24) is 4.98 Å². The van der Waals surface area contributed by atoms with E-state index in [1.807, 2.05) is 30.3 Å². The van der Waals surface area contributed by atoms with Gasteiger partial charge >= 0.3 is 0 Å². The molecule has 3 aromatic carbocycles. The summed E-state index contributed by atoms with van der Waals surface area (Å²) in [5.41, 5.74) is 8.31. The maximum atomic E-state index is 13.8. The van der Waals surface area contributed by atoms with Gasteiger partial charge in [0.15, 0.2) is 0 Å². The average Bonchev–Trinajstić information content (AvgIpc) is 2.88. The minimum atomic E-state index is -0.248. The molecule has 141 valence electrons. The fourth-order valence-electron chi connectivity index (χ4n) is 4.28. The quantitative estimate of drug-likeness (QED) is 0.251. The standard InChI is InChI=1S/C25H19FN.Ir/c1-15-12-24(27-23-7-5-4-6-18(15)23)16-8-10-19-20-11-9-17(26)14-22(20)25(2,3)21(19)13-16;/h4-7,9-14H,1-3H3;/q-1;. The Hall–Kier alpha value is -2.35. The molecule has 0 saturated carbocycles. The van der Waals surface area contributed by atoms with Crippen molar-refractivity contribution >= 4 is 10.9 Å². The van der Waals surface area contributed by atoms with Gasteiger partial charge in [0.05, 0.1) is 5.52 Å². The number of pyridine rings is 1. The van der Waals surface area contributed by atoms with E-state index in [9.17, 15) is 4.39 Å². The van der Waals surface area contributed by atoms with E-state index in [-0.39, 0.29) is 31.3 Å². The van der Waals surface area contributed by atoms with Gasteiger partial charge in [-0.3, -0.25) is 4.98 Å². The Morgan fingerprint density at radius 1 is 0.929 bits per heavy atom. The number of para-hydroxylation sites is 1. The van der Waals surface area contributed by atoms with Crippen molar-refractivity contribution in [3.63, 3.8) is 0 Å². The van der Waals surface area contributed by atoms with Crippen LogP contribution in [0.3, 0.4) is 0 Å². The Morgan fingerprint density at radius 2 is 1.68 bits per heavy atom. The van der Waals surface area contributed by atoms with Crippen LogP contribution < -0.4 is 0 Å². The van der Waals surface area contributed by atoms with Crippen molar-refractivity contribution in [2.45, 2.75) is 26.2 Å². The second-order valence-electron chi connectivity index (χ2n) is 7.83. The van der Waals surface area contributed by atoms with Crippen LogP contribution >= 0.6 is 0 Å². The molecule has 28 heavy (non-hydrogen) atoms. The minimum absolute atomic E-state index is 0. The zero-order chi connectivity index (χ0) is 18.8. The summed E-state index contributed by atoms with van der Waals surface area (Å²) in [6, 6.07) is 23.0. The van der Waals surface area contributed by atoms with Crippen molar-refractivity contribution in [2.24, 2.45) is 0 Å². The van der Waals surface area contributed by atoms with E-state index in [0.29, 0.717) is 0 Å². The number of nitrogens with zero attached hydrogens (tertiary/aromatic N) is 1. The molecule has 4 aromatic rings. The van der Waals surface area contributed by atoms with E-state index in [0.717, 1.165) is 33.5 Å². The van der Waals surface area contributed by atoms with Crippen LogP contribution in [0, 0.1) is 18.8 Å². The number of fused-ring (bicyclic) bond motifs is 4. The third kappa shape index (κ3) is 2.73. The molecule has 1 aliphatic rings. The maximum Gasteiger partial charge on any atom is 0.123 e. The van der Waals surface area contributed by atoms with Gasteiger partial charge in [-0.25, -0.2) is 4.39 Å². The molecular weight excluding hydrogens is 525 g/mol. The first kappa shape index (κ1) is 19.0. The van der Waals surface area contributed by atoms with Gasteiger partial charge in [0.1, 0.15) is 5.82 Å². The first-order chi connectivity index (χ1) is 12.9. The summed E-state index contributed by atoms with van der Waals surface area (Å²) in [7, 11) is 0. The maximum absolute atomic E-state index is 13.8. The van der Waals surface area contributed by atoms with Crippen LogP contribution in [0.25, 0.3) is 33.3 Å². The van der Waals surface area contributed by atoms with E-state index < -0.39 is 0 Å².